The summed E-state index contributed by atoms with van der Waals surface area (Å²) in [5, 5.41) is 2.82. The van der Waals surface area contributed by atoms with Crippen molar-refractivity contribution in [2.45, 2.75) is 100 Å². The molecule has 0 amide bonds. The van der Waals surface area contributed by atoms with Crippen molar-refractivity contribution in [2.24, 2.45) is 5.92 Å². The number of anilines is 5. The third kappa shape index (κ3) is 6.36. The number of benzene rings is 7. The van der Waals surface area contributed by atoms with Crippen LogP contribution in [-0.2, 0) is 10.8 Å². The molecule has 7 aromatic carbocycles. The summed E-state index contributed by atoms with van der Waals surface area (Å²) in [4.78, 5) is 4.96. The highest BCUT2D eigenvalue weighted by atomic mass is 15.2. The Morgan fingerprint density at radius 3 is 1.18 bits per heavy atom. The number of rotatable bonds is 6. The zero-order valence-corrected chi connectivity index (χ0v) is 38.8. The van der Waals surface area contributed by atoms with Crippen LogP contribution in [-0.4, -0.2) is 0 Å². The van der Waals surface area contributed by atoms with Crippen LogP contribution in [0.25, 0.3) is 33.0 Å². The Hall–Kier alpha value is -6.12. The van der Waals surface area contributed by atoms with E-state index in [1.807, 2.05) is 0 Å². The zero-order valence-electron chi connectivity index (χ0n) is 38.8. The summed E-state index contributed by atoms with van der Waals surface area (Å²) in [5.74, 6) is 0.485. The minimum absolute atomic E-state index is 0.226. The maximum atomic E-state index is 2.50. The maximum Gasteiger partial charge on any atom is 0.0466 e. The molecule has 310 valence electrons. The number of aryl methyl sites for hydroxylation is 6. The van der Waals surface area contributed by atoms with Gasteiger partial charge in [-0.15, -0.1) is 0 Å². The van der Waals surface area contributed by atoms with Crippen LogP contribution in [0.3, 0.4) is 0 Å². The molecule has 3 aliphatic rings. The van der Waals surface area contributed by atoms with E-state index in [9.17, 15) is 0 Å². The van der Waals surface area contributed by atoms with Gasteiger partial charge in [-0.1, -0.05) is 101 Å². The summed E-state index contributed by atoms with van der Waals surface area (Å²) in [6.45, 7) is 27.6. The third-order valence-electron chi connectivity index (χ3n) is 14.1. The van der Waals surface area contributed by atoms with E-state index in [0.717, 1.165) is 6.42 Å². The van der Waals surface area contributed by atoms with Crippen molar-refractivity contribution in [1.82, 2.24) is 0 Å². The lowest BCUT2D eigenvalue weighted by Gasteiger charge is -2.41. The molecular weight excluding hydrogens is 749 g/mol. The van der Waals surface area contributed by atoms with Crippen LogP contribution in [0.4, 0.5) is 28.4 Å². The molecule has 1 atom stereocenters. The molecule has 7 aromatic rings. The highest BCUT2D eigenvalue weighted by Crippen LogP contribution is 2.57. The van der Waals surface area contributed by atoms with E-state index in [1.54, 1.807) is 0 Å². The molecule has 0 N–H and O–H groups in total. The molecule has 0 radical (unpaired) electrons. The van der Waals surface area contributed by atoms with Gasteiger partial charge in [-0.25, -0.2) is 0 Å². The van der Waals surface area contributed by atoms with Crippen molar-refractivity contribution in [2.75, 3.05) is 9.80 Å². The molecule has 3 aliphatic carbocycles. The van der Waals surface area contributed by atoms with Gasteiger partial charge in [0.25, 0.3) is 0 Å². The summed E-state index contributed by atoms with van der Waals surface area (Å²) in [7, 11) is 0. The van der Waals surface area contributed by atoms with E-state index in [4.69, 9.17) is 0 Å². The first-order valence-corrected chi connectivity index (χ1v) is 22.6. The van der Waals surface area contributed by atoms with Gasteiger partial charge in [-0.2, -0.15) is 0 Å². The van der Waals surface area contributed by atoms with Gasteiger partial charge in [-0.05, 0) is 216 Å². The van der Waals surface area contributed by atoms with Gasteiger partial charge in [0.15, 0.2) is 0 Å². The molecule has 10 rings (SSSR count). The lowest BCUT2D eigenvalue weighted by atomic mass is 9.63. The topological polar surface area (TPSA) is 6.48 Å². The number of fused-ring (bicyclic) bond motifs is 4. The number of nitrogens with zero attached hydrogens (tertiary/aromatic N) is 2. The fourth-order valence-corrected chi connectivity index (χ4v) is 11.6. The van der Waals surface area contributed by atoms with Crippen molar-refractivity contribution < 1.29 is 0 Å². The normalized spacial score (nSPS) is 16.6. The molecular formula is C60H60N2. The average Bonchev–Trinajstić information content (AvgIpc) is 3.18. The van der Waals surface area contributed by atoms with E-state index in [1.165, 1.54) is 128 Å². The molecule has 0 fully saturated rings. The Morgan fingerprint density at radius 1 is 0.403 bits per heavy atom. The summed E-state index contributed by atoms with van der Waals surface area (Å²) >= 11 is 0. The summed E-state index contributed by atoms with van der Waals surface area (Å²) in [6, 6.07) is 45.1. The van der Waals surface area contributed by atoms with Crippen LogP contribution in [0.15, 0.2) is 139 Å². The van der Waals surface area contributed by atoms with Gasteiger partial charge in [-0.3, -0.25) is 0 Å². The van der Waals surface area contributed by atoms with Crippen LogP contribution < -0.4 is 9.80 Å². The molecule has 0 spiro atoms. The van der Waals surface area contributed by atoms with E-state index in [2.05, 4.69) is 220 Å². The molecule has 0 aromatic heterocycles. The Bertz CT molecular complexity index is 2980. The summed E-state index contributed by atoms with van der Waals surface area (Å²) < 4.78 is 0. The average molecular weight is 809 g/mol. The van der Waals surface area contributed by atoms with Crippen molar-refractivity contribution in [3.05, 3.63) is 194 Å². The number of allylic oxidation sites excluding steroid dienone is 3. The van der Waals surface area contributed by atoms with Crippen LogP contribution in [0, 0.1) is 47.5 Å². The Morgan fingerprint density at radius 2 is 0.774 bits per heavy atom. The third-order valence-corrected chi connectivity index (χ3v) is 14.1. The lowest BCUT2D eigenvalue weighted by molar-refractivity contribution is 0.633. The van der Waals surface area contributed by atoms with Gasteiger partial charge in [0, 0.05) is 45.0 Å². The number of hydrogen-bond acceptors (Lipinski definition) is 2. The highest BCUT2D eigenvalue weighted by molar-refractivity contribution is 6.13. The second kappa shape index (κ2) is 14.2. The van der Waals surface area contributed by atoms with Gasteiger partial charge in [0.2, 0.25) is 0 Å². The van der Waals surface area contributed by atoms with Crippen molar-refractivity contribution in [3.8, 4) is 22.3 Å². The second-order valence-electron chi connectivity index (χ2n) is 20.3. The fourth-order valence-electron chi connectivity index (χ4n) is 11.6. The van der Waals surface area contributed by atoms with Crippen molar-refractivity contribution in [1.29, 1.82) is 0 Å². The van der Waals surface area contributed by atoms with Crippen LogP contribution in [0.1, 0.15) is 104 Å². The molecule has 0 saturated heterocycles. The van der Waals surface area contributed by atoms with E-state index < -0.39 is 0 Å². The lowest BCUT2D eigenvalue weighted by Crippen LogP contribution is -2.28. The predicted molar refractivity (Wildman–Crippen MR) is 266 cm³/mol. The first-order valence-electron chi connectivity index (χ1n) is 22.6. The van der Waals surface area contributed by atoms with Gasteiger partial charge >= 0.3 is 0 Å². The first-order chi connectivity index (χ1) is 29.5. The van der Waals surface area contributed by atoms with Crippen LogP contribution in [0.2, 0.25) is 0 Å². The number of hydrogen-bond donors (Lipinski definition) is 0. The SMILES string of the molecule is CC1=CC(N(c2cc(C)cc(C)c2)c2ccc3c(c2)C(C)(C)c2ccc4c5c(ccc-3c25)-c2ccc(N(c3cc(C)cc(C)c3)c3cc(C)cc(C)c3)cc2C4(C)C)=CC(C)C1. The van der Waals surface area contributed by atoms with Crippen LogP contribution in [0.5, 0.6) is 0 Å². The van der Waals surface area contributed by atoms with Crippen molar-refractivity contribution in [3.63, 3.8) is 0 Å². The molecule has 0 aliphatic heterocycles. The van der Waals surface area contributed by atoms with Gasteiger partial charge in [0.05, 0.1) is 0 Å². The first kappa shape index (κ1) is 40.0. The molecule has 1 unspecified atom stereocenters. The summed E-state index contributed by atoms with van der Waals surface area (Å²) in [6.07, 6.45) is 5.96. The zero-order chi connectivity index (χ0) is 43.6. The maximum absolute atomic E-state index is 2.50. The van der Waals surface area contributed by atoms with E-state index >= 15 is 0 Å². The highest BCUT2D eigenvalue weighted by Gasteiger charge is 2.40. The van der Waals surface area contributed by atoms with E-state index in [0.29, 0.717) is 5.92 Å². The van der Waals surface area contributed by atoms with Gasteiger partial charge < -0.3 is 9.80 Å². The predicted octanol–water partition coefficient (Wildman–Crippen LogP) is 16.8. The Kier molecular flexibility index (Phi) is 9.16. The minimum Gasteiger partial charge on any atom is -0.311 e. The quantitative estimate of drug-likeness (QED) is 0.165. The fraction of sp³-hybridized carbons (Fsp3) is 0.267. The van der Waals surface area contributed by atoms with Crippen LogP contribution >= 0.6 is 0 Å². The van der Waals surface area contributed by atoms with E-state index in [-0.39, 0.29) is 10.8 Å². The molecule has 0 heterocycles. The monoisotopic (exact) mass is 808 g/mol. The summed E-state index contributed by atoms with van der Waals surface area (Å²) in [5.41, 5.74) is 26.8. The van der Waals surface area contributed by atoms with Crippen molar-refractivity contribution >= 4 is 39.2 Å². The molecule has 2 nitrogen and oxygen atoms in total. The second-order valence-corrected chi connectivity index (χ2v) is 20.3. The molecule has 0 bridgehead atoms. The molecule has 0 saturated carbocycles. The molecule has 62 heavy (non-hydrogen) atoms. The largest absolute Gasteiger partial charge is 0.311 e. The smallest absolute Gasteiger partial charge is 0.0466 e. The van der Waals surface area contributed by atoms with Gasteiger partial charge in [0.1, 0.15) is 0 Å². The Balaban J connectivity index is 1.14. The minimum atomic E-state index is -0.233. The standard InChI is InChI=1S/C60H60N2/c1-35-21-36(2)26-45(25-35)61(46-27-37(3)22-38(4)28-46)43-13-15-49-51-17-18-52-50-16-14-44(62(47-29-39(5)23-40(6)30-47)48-31-41(7)24-42(8)32-48)34-56(50)60(11,12)54-20-19-53(57(51)58(52)54)59(9,10)55(49)33-43/h13-23,25-34,41H,24H2,1-12H3. The molecule has 2 heteroatoms. The Labute approximate surface area is 370 Å².